The minimum atomic E-state index is -3.95. The third-order valence-electron chi connectivity index (χ3n) is 2.54. The van der Waals surface area contributed by atoms with Crippen molar-refractivity contribution >= 4 is 37.1 Å². The number of pyridine rings is 1. The molecule has 21 heavy (non-hydrogen) atoms. The van der Waals surface area contributed by atoms with Crippen LogP contribution in [0.1, 0.15) is 0 Å². The Morgan fingerprint density at radius 1 is 1.05 bits per heavy atom. The van der Waals surface area contributed by atoms with E-state index in [1.807, 2.05) is 0 Å². The lowest BCUT2D eigenvalue weighted by atomic mass is 10.3. The highest BCUT2D eigenvalue weighted by Gasteiger charge is 2.19. The normalized spacial score (nSPS) is 12.1. The van der Waals surface area contributed by atoms with Gasteiger partial charge in [-0.15, -0.1) is 0 Å². The van der Waals surface area contributed by atoms with Crippen LogP contribution in [0.5, 0.6) is 0 Å². The molecule has 0 unspecified atom stereocenters. The standard InChI is InChI=1S/C12H11ClN2O4S2/c1-20(16,17)11-5-3-2-4-10(11)15-21(18,19)9-6-7-12(13)14-8-9/h2-8,15H,1H3. The van der Waals surface area contributed by atoms with Crippen LogP contribution in [-0.2, 0) is 19.9 Å². The smallest absolute Gasteiger partial charge is 0.263 e. The van der Waals surface area contributed by atoms with E-state index in [1.165, 1.54) is 36.4 Å². The van der Waals surface area contributed by atoms with Crippen LogP contribution in [0.25, 0.3) is 0 Å². The molecule has 2 aromatic rings. The molecule has 6 nitrogen and oxygen atoms in total. The number of halogens is 1. The molecule has 0 aliphatic heterocycles. The number of anilines is 1. The van der Waals surface area contributed by atoms with Gasteiger partial charge in [-0.05, 0) is 24.3 Å². The Morgan fingerprint density at radius 3 is 2.29 bits per heavy atom. The van der Waals surface area contributed by atoms with Crippen LogP contribution in [0.2, 0.25) is 5.15 Å². The zero-order chi connectivity index (χ0) is 15.7. The molecule has 0 bridgehead atoms. The minimum absolute atomic E-state index is 0.0186. The second-order valence-electron chi connectivity index (χ2n) is 4.19. The fourth-order valence-corrected chi connectivity index (χ4v) is 3.64. The number of nitrogens with one attached hydrogen (secondary N) is 1. The van der Waals surface area contributed by atoms with Crippen molar-refractivity contribution in [3.8, 4) is 0 Å². The number of benzene rings is 1. The lowest BCUT2D eigenvalue weighted by Gasteiger charge is -2.11. The van der Waals surface area contributed by atoms with Gasteiger partial charge in [-0.1, -0.05) is 23.7 Å². The number of rotatable bonds is 4. The van der Waals surface area contributed by atoms with E-state index in [0.717, 1.165) is 12.5 Å². The summed E-state index contributed by atoms with van der Waals surface area (Å²) in [6.07, 6.45) is 2.09. The molecule has 0 spiro atoms. The average molecular weight is 347 g/mol. The van der Waals surface area contributed by atoms with Gasteiger partial charge in [0.25, 0.3) is 10.0 Å². The maximum atomic E-state index is 12.2. The maximum Gasteiger partial charge on any atom is 0.263 e. The van der Waals surface area contributed by atoms with Crippen molar-refractivity contribution in [2.45, 2.75) is 9.79 Å². The average Bonchev–Trinajstić information content (AvgIpc) is 2.38. The predicted octanol–water partition coefficient (Wildman–Crippen LogP) is 1.94. The predicted molar refractivity (Wildman–Crippen MR) is 79.6 cm³/mol. The summed E-state index contributed by atoms with van der Waals surface area (Å²) < 4.78 is 50.0. The third kappa shape index (κ3) is 3.72. The summed E-state index contributed by atoms with van der Waals surface area (Å²) in [6.45, 7) is 0. The minimum Gasteiger partial charge on any atom is -0.278 e. The molecular weight excluding hydrogens is 336 g/mol. The summed E-state index contributed by atoms with van der Waals surface area (Å²) in [7, 11) is -7.51. The Balaban J connectivity index is 2.45. The fraction of sp³-hybridized carbons (Fsp3) is 0.0833. The largest absolute Gasteiger partial charge is 0.278 e. The van der Waals surface area contributed by atoms with E-state index in [9.17, 15) is 16.8 Å². The van der Waals surface area contributed by atoms with Gasteiger partial charge < -0.3 is 0 Å². The molecule has 9 heteroatoms. The second kappa shape index (κ2) is 5.63. The Bertz CT molecular complexity index is 862. The summed E-state index contributed by atoms with van der Waals surface area (Å²) >= 11 is 5.60. The molecule has 2 rings (SSSR count). The van der Waals surface area contributed by atoms with Crippen molar-refractivity contribution in [3.63, 3.8) is 0 Å². The second-order valence-corrected chi connectivity index (χ2v) is 8.24. The molecule has 112 valence electrons. The van der Waals surface area contributed by atoms with Crippen LogP contribution in [0, 0.1) is 0 Å². The molecular formula is C12H11ClN2O4S2. The molecule has 1 N–H and O–H groups in total. The molecule has 1 heterocycles. The first kappa shape index (κ1) is 15.7. The van der Waals surface area contributed by atoms with Gasteiger partial charge in [0.1, 0.15) is 10.0 Å². The number of para-hydroxylation sites is 1. The highest BCUT2D eigenvalue weighted by molar-refractivity contribution is 7.93. The topological polar surface area (TPSA) is 93.2 Å². The Morgan fingerprint density at radius 2 is 1.71 bits per heavy atom. The van der Waals surface area contributed by atoms with Crippen molar-refractivity contribution in [2.75, 3.05) is 11.0 Å². The van der Waals surface area contributed by atoms with Crippen molar-refractivity contribution in [3.05, 3.63) is 47.7 Å². The van der Waals surface area contributed by atoms with E-state index in [-0.39, 0.29) is 20.6 Å². The summed E-state index contributed by atoms with van der Waals surface area (Å²) in [6, 6.07) is 8.36. The highest BCUT2D eigenvalue weighted by atomic mass is 35.5. The van der Waals surface area contributed by atoms with Gasteiger partial charge in [0.05, 0.1) is 10.6 Å². The van der Waals surface area contributed by atoms with Gasteiger partial charge in [-0.25, -0.2) is 21.8 Å². The lowest BCUT2D eigenvalue weighted by molar-refractivity contribution is 0.600. The number of nitrogens with zero attached hydrogens (tertiary/aromatic N) is 1. The van der Waals surface area contributed by atoms with Gasteiger partial charge >= 0.3 is 0 Å². The van der Waals surface area contributed by atoms with Gasteiger partial charge in [-0.2, -0.15) is 0 Å². The van der Waals surface area contributed by atoms with Crippen LogP contribution in [0.4, 0.5) is 5.69 Å². The number of hydrogen-bond acceptors (Lipinski definition) is 5. The first-order chi connectivity index (χ1) is 9.70. The fourth-order valence-electron chi connectivity index (χ4n) is 1.60. The number of sulfone groups is 1. The Hall–Kier alpha value is -1.64. The van der Waals surface area contributed by atoms with Gasteiger partial charge in [0, 0.05) is 12.5 Å². The van der Waals surface area contributed by atoms with E-state index in [4.69, 9.17) is 11.6 Å². The van der Waals surface area contributed by atoms with E-state index in [1.54, 1.807) is 0 Å². The molecule has 0 saturated heterocycles. The summed E-state index contributed by atoms with van der Waals surface area (Å²) in [5.41, 5.74) is -0.0186. The SMILES string of the molecule is CS(=O)(=O)c1ccccc1NS(=O)(=O)c1ccc(Cl)nc1. The molecule has 0 radical (unpaired) electrons. The molecule has 1 aromatic heterocycles. The first-order valence-corrected chi connectivity index (χ1v) is 9.39. The third-order valence-corrected chi connectivity index (χ3v) is 5.27. The molecule has 0 aliphatic carbocycles. The Labute approximate surface area is 127 Å². The molecule has 0 fully saturated rings. The monoisotopic (exact) mass is 346 g/mol. The van der Waals surface area contributed by atoms with Gasteiger partial charge in [0.15, 0.2) is 9.84 Å². The number of hydrogen-bond donors (Lipinski definition) is 1. The maximum absolute atomic E-state index is 12.2. The van der Waals surface area contributed by atoms with E-state index in [2.05, 4.69) is 9.71 Å². The van der Waals surface area contributed by atoms with Crippen LogP contribution in [0.3, 0.4) is 0 Å². The molecule has 0 aliphatic rings. The van der Waals surface area contributed by atoms with E-state index < -0.39 is 19.9 Å². The van der Waals surface area contributed by atoms with Crippen LogP contribution in [0.15, 0.2) is 52.4 Å². The summed E-state index contributed by atoms with van der Waals surface area (Å²) in [5.74, 6) is 0. The van der Waals surface area contributed by atoms with E-state index >= 15 is 0 Å². The Kier molecular flexibility index (Phi) is 4.22. The van der Waals surface area contributed by atoms with Crippen molar-refractivity contribution in [1.29, 1.82) is 0 Å². The summed E-state index contributed by atoms with van der Waals surface area (Å²) in [5, 5.41) is 0.158. The molecule has 0 atom stereocenters. The zero-order valence-corrected chi connectivity index (χ0v) is 13.2. The van der Waals surface area contributed by atoms with Crippen LogP contribution in [-0.4, -0.2) is 28.1 Å². The quantitative estimate of drug-likeness (QED) is 0.854. The number of sulfonamides is 1. The lowest BCUT2D eigenvalue weighted by Crippen LogP contribution is -2.15. The first-order valence-electron chi connectivity index (χ1n) is 5.63. The van der Waals surface area contributed by atoms with Crippen LogP contribution >= 0.6 is 11.6 Å². The molecule has 0 amide bonds. The van der Waals surface area contributed by atoms with E-state index in [0.29, 0.717) is 0 Å². The van der Waals surface area contributed by atoms with Crippen molar-refractivity contribution in [1.82, 2.24) is 4.98 Å². The summed E-state index contributed by atoms with van der Waals surface area (Å²) in [4.78, 5) is 3.47. The highest BCUT2D eigenvalue weighted by Crippen LogP contribution is 2.23. The van der Waals surface area contributed by atoms with Gasteiger partial charge in [0.2, 0.25) is 0 Å². The zero-order valence-electron chi connectivity index (χ0n) is 10.8. The van der Waals surface area contributed by atoms with Crippen molar-refractivity contribution in [2.24, 2.45) is 0 Å². The van der Waals surface area contributed by atoms with Crippen molar-refractivity contribution < 1.29 is 16.8 Å². The van der Waals surface area contributed by atoms with Gasteiger partial charge in [-0.3, -0.25) is 4.72 Å². The molecule has 1 aromatic carbocycles. The molecule has 0 saturated carbocycles. The number of aromatic nitrogens is 1. The van der Waals surface area contributed by atoms with Crippen LogP contribution < -0.4 is 4.72 Å².